The summed E-state index contributed by atoms with van der Waals surface area (Å²) >= 11 is 0. The summed E-state index contributed by atoms with van der Waals surface area (Å²) in [6, 6.07) is 12.0. The lowest BCUT2D eigenvalue weighted by molar-refractivity contribution is 0.0888. The quantitative estimate of drug-likeness (QED) is 0.666. The Morgan fingerprint density at radius 3 is 2.62 bits per heavy atom. The number of anilines is 1. The Labute approximate surface area is 153 Å². The zero-order chi connectivity index (χ0) is 18.5. The lowest BCUT2D eigenvalue weighted by Gasteiger charge is -2.09. The Morgan fingerprint density at radius 1 is 1.23 bits per heavy atom. The second-order valence-electron chi connectivity index (χ2n) is 6.54. The minimum atomic E-state index is -0.0875. The molecule has 0 radical (unpaired) electrons. The van der Waals surface area contributed by atoms with Crippen molar-refractivity contribution in [2.75, 3.05) is 5.32 Å². The molecule has 6 heteroatoms. The van der Waals surface area contributed by atoms with Crippen LogP contribution in [0.25, 0.3) is 11.6 Å². The standard InChI is InChI=1S/C20H24N4O2/c1-4-6-18(25)24-20(22-19(23-24)17-7-5-12-26-17)21-13-15-8-10-16(11-9-15)14(2)3/h5,7-12,14H,4,6,13H2,1-3H3,(H,21,22,23). The molecule has 3 rings (SSSR count). The zero-order valence-electron chi connectivity index (χ0n) is 15.4. The number of aromatic nitrogens is 3. The summed E-state index contributed by atoms with van der Waals surface area (Å²) in [7, 11) is 0. The van der Waals surface area contributed by atoms with Crippen molar-refractivity contribution in [1.82, 2.24) is 14.8 Å². The highest BCUT2D eigenvalue weighted by Gasteiger charge is 2.17. The van der Waals surface area contributed by atoms with Gasteiger partial charge in [-0.15, -0.1) is 5.10 Å². The maximum atomic E-state index is 12.4. The molecule has 0 atom stereocenters. The molecule has 1 N–H and O–H groups in total. The smallest absolute Gasteiger partial charge is 0.250 e. The van der Waals surface area contributed by atoms with Crippen LogP contribution < -0.4 is 5.32 Å². The first-order chi connectivity index (χ1) is 12.6. The third-order valence-corrected chi connectivity index (χ3v) is 4.15. The monoisotopic (exact) mass is 352 g/mol. The molecule has 0 fully saturated rings. The van der Waals surface area contributed by atoms with Crippen LogP contribution in [0, 0.1) is 0 Å². The Hall–Kier alpha value is -2.89. The molecule has 136 valence electrons. The van der Waals surface area contributed by atoms with Gasteiger partial charge in [0.05, 0.1) is 6.26 Å². The molecular formula is C20H24N4O2. The summed E-state index contributed by atoms with van der Waals surface area (Å²) in [5, 5.41) is 7.55. The topological polar surface area (TPSA) is 73.0 Å². The molecular weight excluding hydrogens is 328 g/mol. The van der Waals surface area contributed by atoms with Crippen LogP contribution in [0.4, 0.5) is 5.95 Å². The van der Waals surface area contributed by atoms with E-state index >= 15 is 0 Å². The largest absolute Gasteiger partial charge is 0.461 e. The van der Waals surface area contributed by atoms with E-state index in [1.807, 2.05) is 6.92 Å². The predicted octanol–water partition coefficient (Wildman–Crippen LogP) is 4.71. The summed E-state index contributed by atoms with van der Waals surface area (Å²) in [6.07, 6.45) is 2.73. The number of furan rings is 1. The van der Waals surface area contributed by atoms with Crippen molar-refractivity contribution < 1.29 is 9.21 Å². The van der Waals surface area contributed by atoms with Crippen molar-refractivity contribution in [3.63, 3.8) is 0 Å². The summed E-state index contributed by atoms with van der Waals surface area (Å²) < 4.78 is 6.69. The van der Waals surface area contributed by atoms with Gasteiger partial charge >= 0.3 is 0 Å². The molecule has 0 aliphatic heterocycles. The normalized spacial score (nSPS) is 11.1. The molecule has 0 saturated carbocycles. The van der Waals surface area contributed by atoms with Crippen molar-refractivity contribution in [1.29, 1.82) is 0 Å². The maximum Gasteiger partial charge on any atom is 0.250 e. The molecule has 0 aliphatic carbocycles. The van der Waals surface area contributed by atoms with Gasteiger partial charge in [0, 0.05) is 13.0 Å². The van der Waals surface area contributed by atoms with Gasteiger partial charge in [0.15, 0.2) is 5.76 Å². The van der Waals surface area contributed by atoms with Gasteiger partial charge in [0.25, 0.3) is 0 Å². The second kappa shape index (κ2) is 7.99. The van der Waals surface area contributed by atoms with Gasteiger partial charge in [-0.3, -0.25) is 4.79 Å². The molecule has 3 aromatic rings. The van der Waals surface area contributed by atoms with E-state index < -0.39 is 0 Å². The fraction of sp³-hybridized carbons (Fsp3) is 0.350. The van der Waals surface area contributed by atoms with E-state index in [1.54, 1.807) is 18.4 Å². The van der Waals surface area contributed by atoms with Crippen molar-refractivity contribution in [2.24, 2.45) is 0 Å². The fourth-order valence-electron chi connectivity index (χ4n) is 2.63. The number of hydrogen-bond acceptors (Lipinski definition) is 5. The zero-order valence-corrected chi connectivity index (χ0v) is 15.4. The molecule has 0 amide bonds. The van der Waals surface area contributed by atoms with E-state index in [0.29, 0.717) is 36.4 Å². The number of hydrogen-bond donors (Lipinski definition) is 1. The summed E-state index contributed by atoms with van der Waals surface area (Å²) in [6.45, 7) is 6.87. The molecule has 26 heavy (non-hydrogen) atoms. The molecule has 0 saturated heterocycles. The number of nitrogens with zero attached hydrogens (tertiary/aromatic N) is 3. The van der Waals surface area contributed by atoms with Crippen LogP contribution in [0.3, 0.4) is 0 Å². The molecule has 6 nitrogen and oxygen atoms in total. The van der Waals surface area contributed by atoms with Crippen LogP contribution in [0.1, 0.15) is 55.5 Å². The lowest BCUT2D eigenvalue weighted by atomic mass is 10.0. The minimum absolute atomic E-state index is 0.0875. The van der Waals surface area contributed by atoms with Crippen LogP contribution >= 0.6 is 0 Å². The van der Waals surface area contributed by atoms with Gasteiger partial charge in [-0.25, -0.2) is 0 Å². The molecule has 0 unspecified atom stereocenters. The van der Waals surface area contributed by atoms with Gasteiger partial charge in [0.1, 0.15) is 0 Å². The highest BCUT2D eigenvalue weighted by atomic mass is 16.3. The first-order valence-electron chi connectivity index (χ1n) is 8.95. The van der Waals surface area contributed by atoms with Crippen LogP contribution in [0.5, 0.6) is 0 Å². The molecule has 2 aromatic heterocycles. The van der Waals surface area contributed by atoms with Crippen LogP contribution in [0.15, 0.2) is 47.1 Å². The van der Waals surface area contributed by atoms with Gasteiger partial charge in [-0.05, 0) is 35.6 Å². The van der Waals surface area contributed by atoms with E-state index in [-0.39, 0.29) is 5.91 Å². The van der Waals surface area contributed by atoms with E-state index in [9.17, 15) is 4.79 Å². The van der Waals surface area contributed by atoms with Crippen LogP contribution in [-0.4, -0.2) is 20.7 Å². The molecule has 1 aromatic carbocycles. The van der Waals surface area contributed by atoms with Gasteiger partial charge < -0.3 is 9.73 Å². The Balaban J connectivity index is 1.80. The van der Waals surface area contributed by atoms with Crippen molar-refractivity contribution in [3.05, 3.63) is 53.8 Å². The van der Waals surface area contributed by atoms with Crippen LogP contribution in [0.2, 0.25) is 0 Å². The number of nitrogens with one attached hydrogen (secondary N) is 1. The van der Waals surface area contributed by atoms with Crippen LogP contribution in [-0.2, 0) is 6.54 Å². The number of carbonyl (C=O) groups excluding carboxylic acids is 1. The summed E-state index contributed by atoms with van der Waals surface area (Å²) in [5.41, 5.74) is 2.42. The highest BCUT2D eigenvalue weighted by molar-refractivity contribution is 5.81. The third kappa shape index (κ3) is 4.02. The Morgan fingerprint density at radius 2 is 2.00 bits per heavy atom. The molecule has 0 aliphatic rings. The average Bonchev–Trinajstić information content (AvgIpc) is 3.30. The highest BCUT2D eigenvalue weighted by Crippen LogP contribution is 2.20. The van der Waals surface area contributed by atoms with E-state index in [0.717, 1.165) is 12.0 Å². The summed E-state index contributed by atoms with van der Waals surface area (Å²) in [4.78, 5) is 16.8. The first kappa shape index (κ1) is 17.9. The number of benzene rings is 1. The predicted molar refractivity (Wildman–Crippen MR) is 101 cm³/mol. The molecule has 0 bridgehead atoms. The number of rotatable bonds is 7. The van der Waals surface area contributed by atoms with Crippen molar-refractivity contribution in [2.45, 2.75) is 46.1 Å². The van der Waals surface area contributed by atoms with E-state index in [4.69, 9.17) is 4.42 Å². The van der Waals surface area contributed by atoms with Gasteiger partial charge in [-0.2, -0.15) is 9.67 Å². The molecule has 0 spiro atoms. The lowest BCUT2D eigenvalue weighted by Crippen LogP contribution is -2.16. The maximum absolute atomic E-state index is 12.4. The van der Waals surface area contributed by atoms with Crippen molar-refractivity contribution >= 4 is 11.9 Å². The average molecular weight is 352 g/mol. The van der Waals surface area contributed by atoms with E-state index in [1.165, 1.54) is 10.2 Å². The third-order valence-electron chi connectivity index (χ3n) is 4.15. The summed E-state index contributed by atoms with van der Waals surface area (Å²) in [5.74, 6) is 1.79. The first-order valence-corrected chi connectivity index (χ1v) is 8.95. The number of carbonyl (C=O) groups is 1. The second-order valence-corrected chi connectivity index (χ2v) is 6.54. The Bertz CT molecular complexity index is 849. The Kier molecular flexibility index (Phi) is 5.51. The van der Waals surface area contributed by atoms with Gasteiger partial charge in [0.2, 0.25) is 17.7 Å². The SMILES string of the molecule is CCCC(=O)n1nc(-c2ccco2)nc1NCc1ccc(C(C)C)cc1. The van der Waals surface area contributed by atoms with E-state index in [2.05, 4.69) is 53.5 Å². The van der Waals surface area contributed by atoms with Crippen molar-refractivity contribution in [3.8, 4) is 11.6 Å². The van der Waals surface area contributed by atoms with Gasteiger partial charge in [-0.1, -0.05) is 45.0 Å². The molecule has 2 heterocycles. The minimum Gasteiger partial charge on any atom is -0.461 e. The fourth-order valence-corrected chi connectivity index (χ4v) is 2.63.